The highest BCUT2D eigenvalue weighted by atomic mass is 79.9. The second-order valence-corrected chi connectivity index (χ2v) is 5.31. The second-order valence-electron chi connectivity index (χ2n) is 4.45. The van der Waals surface area contributed by atoms with Crippen molar-refractivity contribution in [2.75, 3.05) is 12.8 Å². The van der Waals surface area contributed by atoms with E-state index in [0.717, 1.165) is 4.47 Å². The number of rotatable bonds is 4. The summed E-state index contributed by atoms with van der Waals surface area (Å²) in [5, 5.41) is 2.65. The molecule has 0 aromatic heterocycles. The fraction of sp³-hybridized carbons (Fsp3) is 0.385. The molecule has 3 N–H and O–H groups in total. The van der Waals surface area contributed by atoms with Crippen LogP contribution in [-0.4, -0.2) is 25.0 Å². The first-order valence-corrected chi connectivity index (χ1v) is 6.59. The lowest BCUT2D eigenvalue weighted by Crippen LogP contribution is -2.45. The molecule has 1 amide bonds. The zero-order valence-corrected chi connectivity index (χ0v) is 12.7. The van der Waals surface area contributed by atoms with Gasteiger partial charge in [0.15, 0.2) is 0 Å². The smallest absolute Gasteiger partial charge is 0.328 e. The van der Waals surface area contributed by atoms with Gasteiger partial charge in [-0.05, 0) is 40.0 Å². The summed E-state index contributed by atoms with van der Waals surface area (Å²) < 4.78 is 5.39. The molecule has 0 aliphatic heterocycles. The molecule has 0 aliphatic carbocycles. The summed E-state index contributed by atoms with van der Waals surface area (Å²) in [5.41, 5.74) is 6.58. The molecule has 0 spiro atoms. The summed E-state index contributed by atoms with van der Waals surface area (Å²) in [4.78, 5) is 23.6. The van der Waals surface area contributed by atoms with Gasteiger partial charge >= 0.3 is 5.97 Å². The Balaban J connectivity index is 2.87. The highest BCUT2D eigenvalue weighted by molar-refractivity contribution is 9.10. The molecule has 5 nitrogen and oxygen atoms in total. The predicted molar refractivity (Wildman–Crippen MR) is 76.7 cm³/mol. The molecule has 104 valence electrons. The third-order valence-corrected chi connectivity index (χ3v) is 3.39. The number of nitrogens with two attached hydrogens (primary N) is 1. The summed E-state index contributed by atoms with van der Waals surface area (Å²) >= 11 is 3.26. The van der Waals surface area contributed by atoms with E-state index < -0.39 is 12.0 Å². The van der Waals surface area contributed by atoms with Crippen molar-refractivity contribution < 1.29 is 14.3 Å². The number of nitrogen functional groups attached to an aromatic ring is 1. The molecule has 0 unspecified atom stereocenters. The minimum atomic E-state index is -0.678. The van der Waals surface area contributed by atoms with Gasteiger partial charge in [-0.25, -0.2) is 4.79 Å². The first kappa shape index (κ1) is 15.5. The summed E-state index contributed by atoms with van der Waals surface area (Å²) in [5.74, 6) is -0.888. The van der Waals surface area contributed by atoms with Crippen LogP contribution in [0.4, 0.5) is 5.69 Å². The summed E-state index contributed by atoms with van der Waals surface area (Å²) in [6, 6.07) is 4.19. The third kappa shape index (κ3) is 3.96. The van der Waals surface area contributed by atoms with Gasteiger partial charge in [-0.3, -0.25) is 4.79 Å². The molecule has 0 heterocycles. The third-order valence-electron chi connectivity index (χ3n) is 2.67. The van der Waals surface area contributed by atoms with Crippen molar-refractivity contribution in [1.82, 2.24) is 5.32 Å². The number of halogens is 1. The van der Waals surface area contributed by atoms with Gasteiger partial charge in [0.1, 0.15) is 6.04 Å². The van der Waals surface area contributed by atoms with Gasteiger partial charge in [0.25, 0.3) is 5.91 Å². The maximum Gasteiger partial charge on any atom is 0.328 e. The number of benzene rings is 1. The molecule has 0 saturated carbocycles. The van der Waals surface area contributed by atoms with Gasteiger partial charge in [-0.15, -0.1) is 0 Å². The lowest BCUT2D eigenvalue weighted by atomic mass is 10.0. The number of hydrogen-bond acceptors (Lipinski definition) is 4. The maximum absolute atomic E-state index is 12.1. The first-order chi connectivity index (χ1) is 8.86. The molecule has 1 aromatic carbocycles. The van der Waals surface area contributed by atoms with E-state index in [1.54, 1.807) is 18.2 Å². The van der Waals surface area contributed by atoms with Crippen LogP contribution in [0, 0.1) is 5.92 Å². The topological polar surface area (TPSA) is 81.4 Å². The van der Waals surface area contributed by atoms with Crippen LogP contribution in [0.1, 0.15) is 24.2 Å². The Bertz CT molecular complexity index is 489. The Morgan fingerprint density at radius 2 is 2.00 bits per heavy atom. The fourth-order valence-corrected chi connectivity index (χ4v) is 1.78. The van der Waals surface area contributed by atoms with E-state index in [0.29, 0.717) is 11.3 Å². The van der Waals surface area contributed by atoms with Gasteiger partial charge in [0.2, 0.25) is 0 Å². The van der Waals surface area contributed by atoms with E-state index in [2.05, 4.69) is 26.0 Å². The molecule has 1 aromatic rings. The van der Waals surface area contributed by atoms with Gasteiger partial charge in [0, 0.05) is 15.7 Å². The number of esters is 1. The largest absolute Gasteiger partial charge is 0.467 e. The first-order valence-electron chi connectivity index (χ1n) is 5.80. The highest BCUT2D eigenvalue weighted by Gasteiger charge is 2.25. The van der Waals surface area contributed by atoms with Gasteiger partial charge in [-0.2, -0.15) is 0 Å². The van der Waals surface area contributed by atoms with Crippen molar-refractivity contribution in [3.05, 3.63) is 28.2 Å². The predicted octanol–water partition coefficient (Wildman–Crippen LogP) is 1.96. The average molecular weight is 329 g/mol. The van der Waals surface area contributed by atoms with E-state index in [1.165, 1.54) is 7.11 Å². The minimum absolute atomic E-state index is 0.0656. The number of amides is 1. The lowest BCUT2D eigenvalue weighted by Gasteiger charge is -2.19. The van der Waals surface area contributed by atoms with Gasteiger partial charge < -0.3 is 15.8 Å². The maximum atomic E-state index is 12.1. The van der Waals surface area contributed by atoms with Crippen LogP contribution in [0.25, 0.3) is 0 Å². The van der Waals surface area contributed by atoms with Crippen molar-refractivity contribution in [1.29, 1.82) is 0 Å². The standard InChI is InChI=1S/C13H17BrN2O3/c1-7(2)11(13(18)19-3)16-12(17)8-4-5-9(14)10(15)6-8/h4-7,11H,15H2,1-3H3,(H,16,17)/t11-/m0/s1. The van der Waals surface area contributed by atoms with Crippen LogP contribution >= 0.6 is 15.9 Å². The summed E-state index contributed by atoms with van der Waals surface area (Å²) in [6.07, 6.45) is 0. The van der Waals surface area contributed by atoms with Crippen molar-refractivity contribution in [2.24, 2.45) is 5.92 Å². The van der Waals surface area contributed by atoms with Crippen LogP contribution in [0.2, 0.25) is 0 Å². The number of anilines is 1. The van der Waals surface area contributed by atoms with Crippen LogP contribution < -0.4 is 11.1 Å². The second kappa shape index (κ2) is 6.56. The van der Waals surface area contributed by atoms with Gasteiger partial charge in [0.05, 0.1) is 7.11 Å². The van der Waals surface area contributed by atoms with E-state index in [4.69, 9.17) is 5.73 Å². The molecule has 0 fully saturated rings. The zero-order chi connectivity index (χ0) is 14.6. The van der Waals surface area contributed by atoms with E-state index in [1.807, 2.05) is 13.8 Å². The van der Waals surface area contributed by atoms with Crippen molar-refractivity contribution in [3.8, 4) is 0 Å². The van der Waals surface area contributed by atoms with Crippen LogP contribution in [0.3, 0.4) is 0 Å². The Labute approximate surface area is 120 Å². The molecule has 0 aliphatic rings. The number of nitrogens with one attached hydrogen (secondary N) is 1. The Kier molecular flexibility index (Phi) is 5.35. The molecule has 1 atom stereocenters. The molecule has 1 rings (SSSR count). The van der Waals surface area contributed by atoms with E-state index in [9.17, 15) is 9.59 Å². The number of methoxy groups -OCH3 is 1. The number of hydrogen-bond donors (Lipinski definition) is 2. The molecule has 6 heteroatoms. The number of ether oxygens (including phenoxy) is 1. The molecular formula is C13H17BrN2O3. The van der Waals surface area contributed by atoms with Crippen molar-refractivity contribution in [2.45, 2.75) is 19.9 Å². The number of carbonyl (C=O) groups excluding carboxylic acids is 2. The SMILES string of the molecule is COC(=O)[C@@H](NC(=O)c1ccc(Br)c(N)c1)C(C)C. The molecule has 19 heavy (non-hydrogen) atoms. The van der Waals surface area contributed by atoms with E-state index in [-0.39, 0.29) is 11.8 Å². The van der Waals surface area contributed by atoms with E-state index >= 15 is 0 Å². The Morgan fingerprint density at radius 3 is 2.47 bits per heavy atom. The Hall–Kier alpha value is -1.56. The fourth-order valence-electron chi connectivity index (χ4n) is 1.53. The molecule has 0 radical (unpaired) electrons. The normalized spacial score (nSPS) is 12.1. The quantitative estimate of drug-likeness (QED) is 0.654. The van der Waals surface area contributed by atoms with Crippen LogP contribution in [0.5, 0.6) is 0 Å². The van der Waals surface area contributed by atoms with Crippen molar-refractivity contribution in [3.63, 3.8) is 0 Å². The zero-order valence-electron chi connectivity index (χ0n) is 11.1. The Morgan fingerprint density at radius 1 is 1.37 bits per heavy atom. The lowest BCUT2D eigenvalue weighted by molar-refractivity contribution is -0.144. The summed E-state index contributed by atoms with van der Waals surface area (Å²) in [7, 11) is 1.29. The highest BCUT2D eigenvalue weighted by Crippen LogP contribution is 2.20. The molecule has 0 saturated heterocycles. The van der Waals surface area contributed by atoms with Crippen molar-refractivity contribution >= 4 is 33.5 Å². The average Bonchev–Trinajstić information content (AvgIpc) is 2.37. The molecule has 0 bridgehead atoms. The van der Waals surface area contributed by atoms with Gasteiger partial charge in [-0.1, -0.05) is 13.8 Å². The van der Waals surface area contributed by atoms with Crippen LogP contribution in [-0.2, 0) is 9.53 Å². The monoisotopic (exact) mass is 328 g/mol. The minimum Gasteiger partial charge on any atom is -0.467 e. The van der Waals surface area contributed by atoms with Crippen LogP contribution in [0.15, 0.2) is 22.7 Å². The summed E-state index contributed by atoms with van der Waals surface area (Å²) in [6.45, 7) is 3.66. The molecular weight excluding hydrogens is 312 g/mol. The number of carbonyl (C=O) groups is 2.